The number of rotatable bonds is 6. The molecule has 0 fully saturated rings. The van der Waals surface area contributed by atoms with Crippen molar-refractivity contribution in [2.45, 2.75) is 6.42 Å². The number of hydrogen-bond acceptors (Lipinski definition) is 0. The summed E-state index contributed by atoms with van der Waals surface area (Å²) in [5, 5.41) is 0. The Morgan fingerprint density at radius 2 is 0.968 bits per heavy atom. The lowest BCUT2D eigenvalue weighted by Crippen LogP contribution is -2.25. The lowest BCUT2D eigenvalue weighted by atomic mass is 10.2. The third kappa shape index (κ3) is 4.92. The summed E-state index contributed by atoms with van der Waals surface area (Å²) in [4.78, 5) is 0. The molecule has 0 aromatic carbocycles. The van der Waals surface area contributed by atoms with Gasteiger partial charge >= 0.3 is 0 Å². The van der Waals surface area contributed by atoms with Crippen LogP contribution in [-0.2, 0) is 34.6 Å². The van der Waals surface area contributed by atoms with E-state index in [0.29, 0.717) is 0 Å². The molecule has 0 unspecified atom stereocenters. The fourth-order valence-corrected chi connectivity index (χ4v) is 3.63. The Bertz CT molecular complexity index is 1120. The number of hydrogen-bond donors (Lipinski definition) is 0. The first-order valence-electron chi connectivity index (χ1n) is 10.6. The second-order valence-corrected chi connectivity index (χ2v) is 8.05. The summed E-state index contributed by atoms with van der Waals surface area (Å²) in [5.41, 5.74) is 7.40. The van der Waals surface area contributed by atoms with E-state index in [1.165, 1.54) is 33.9 Å². The quantitative estimate of drug-likeness (QED) is 0.429. The number of nitrogens with zero attached hydrogens (tertiary/aromatic N) is 4. The minimum Gasteiger partial charge on any atom is -0.348 e. The lowest BCUT2D eigenvalue weighted by Gasteiger charge is -2.08. The van der Waals surface area contributed by atoms with Crippen LogP contribution < -0.4 is 9.13 Å². The molecular weight excluding hydrogens is 380 g/mol. The zero-order valence-corrected chi connectivity index (χ0v) is 18.7. The van der Waals surface area contributed by atoms with Crippen LogP contribution in [0.4, 0.5) is 0 Å². The van der Waals surface area contributed by atoms with E-state index in [4.69, 9.17) is 0 Å². The van der Waals surface area contributed by atoms with Crippen molar-refractivity contribution in [3.63, 3.8) is 0 Å². The Balaban J connectivity index is 1.47. The van der Waals surface area contributed by atoms with Crippen molar-refractivity contribution in [1.29, 1.82) is 0 Å². The largest absolute Gasteiger partial charge is 0.348 e. The molecule has 4 nitrogen and oxygen atoms in total. The summed E-state index contributed by atoms with van der Waals surface area (Å²) in [7, 11) is 8.34. The van der Waals surface area contributed by atoms with Gasteiger partial charge in [0.25, 0.3) is 0 Å². The van der Waals surface area contributed by atoms with Crippen LogP contribution in [-0.4, -0.2) is 9.13 Å². The molecule has 0 radical (unpaired) electrons. The fourth-order valence-electron chi connectivity index (χ4n) is 3.63. The van der Waals surface area contributed by atoms with E-state index in [1.807, 2.05) is 23.2 Å². The average Bonchev–Trinajstić information content (AvgIpc) is 3.30. The molecule has 4 heterocycles. The van der Waals surface area contributed by atoms with Gasteiger partial charge in [-0.3, -0.25) is 0 Å². The van der Waals surface area contributed by atoms with Gasteiger partial charge in [0.05, 0.1) is 0 Å². The van der Waals surface area contributed by atoms with Crippen LogP contribution >= 0.6 is 0 Å². The van der Waals surface area contributed by atoms with Crippen LogP contribution in [0.3, 0.4) is 0 Å². The summed E-state index contributed by atoms with van der Waals surface area (Å²) in [6.45, 7) is 0. The molecule has 0 saturated heterocycles. The Hall–Kier alpha value is -3.66. The molecule has 0 saturated carbocycles. The van der Waals surface area contributed by atoms with Crippen molar-refractivity contribution in [3.05, 3.63) is 107 Å². The van der Waals surface area contributed by atoms with Gasteiger partial charge in [-0.15, -0.1) is 0 Å². The highest BCUT2D eigenvalue weighted by molar-refractivity contribution is 5.69. The molecule has 0 aliphatic carbocycles. The third-order valence-corrected chi connectivity index (χ3v) is 5.79. The minimum absolute atomic E-state index is 0.900. The van der Waals surface area contributed by atoms with E-state index in [1.54, 1.807) is 0 Å². The maximum Gasteiger partial charge on any atom is 0.169 e. The van der Waals surface area contributed by atoms with Gasteiger partial charge in [-0.05, 0) is 47.5 Å². The summed E-state index contributed by atoms with van der Waals surface area (Å²) in [5.74, 6) is 0. The zero-order chi connectivity index (χ0) is 21.8. The van der Waals surface area contributed by atoms with Crippen LogP contribution in [0.25, 0.3) is 24.3 Å². The summed E-state index contributed by atoms with van der Waals surface area (Å²) in [6, 6.07) is 17.3. The topological polar surface area (TPSA) is 17.6 Å². The van der Waals surface area contributed by atoms with E-state index < -0.39 is 0 Å². The van der Waals surface area contributed by atoms with Crippen molar-refractivity contribution in [3.8, 4) is 0 Å². The Morgan fingerprint density at radius 3 is 1.35 bits per heavy atom. The Labute approximate surface area is 184 Å². The molecule has 4 heteroatoms. The Morgan fingerprint density at radius 1 is 0.581 bits per heavy atom. The van der Waals surface area contributed by atoms with Gasteiger partial charge < -0.3 is 9.13 Å². The summed E-state index contributed by atoms with van der Waals surface area (Å²) in [6.07, 6.45) is 17.8. The standard InChI is InChI=1S/C27H30N4/c1-28-17-13-22(14-18-28)5-7-24-9-11-26(30(24)3)21-27-12-10-25(31(27)4)8-6-23-15-19-29(2)20-16-23/h5-20H,21H2,1-4H3/q+2. The molecule has 0 aliphatic heterocycles. The molecule has 0 amide bonds. The van der Waals surface area contributed by atoms with Gasteiger partial charge in [0.2, 0.25) is 0 Å². The normalized spacial score (nSPS) is 11.7. The highest BCUT2D eigenvalue weighted by atomic mass is 15.0. The molecule has 0 N–H and O–H groups in total. The van der Waals surface area contributed by atoms with Crippen LogP contribution in [0.15, 0.2) is 73.3 Å². The van der Waals surface area contributed by atoms with Crippen LogP contribution in [0, 0.1) is 0 Å². The van der Waals surface area contributed by atoms with Gasteiger partial charge in [-0.1, -0.05) is 12.2 Å². The molecular formula is C27H30N4+2. The fraction of sp³-hybridized carbons (Fsp3) is 0.185. The first kappa shape index (κ1) is 20.6. The zero-order valence-electron chi connectivity index (χ0n) is 18.7. The minimum atomic E-state index is 0.900. The van der Waals surface area contributed by atoms with Crippen molar-refractivity contribution < 1.29 is 9.13 Å². The second-order valence-electron chi connectivity index (χ2n) is 8.05. The van der Waals surface area contributed by atoms with Gasteiger partial charge in [0.1, 0.15) is 14.1 Å². The summed E-state index contributed by atoms with van der Waals surface area (Å²) < 4.78 is 8.63. The highest BCUT2D eigenvalue weighted by Crippen LogP contribution is 2.18. The molecule has 0 aliphatic rings. The van der Waals surface area contributed by atoms with E-state index >= 15 is 0 Å². The van der Waals surface area contributed by atoms with E-state index in [9.17, 15) is 0 Å². The molecule has 0 atom stereocenters. The molecule has 4 aromatic rings. The highest BCUT2D eigenvalue weighted by Gasteiger charge is 2.08. The third-order valence-electron chi connectivity index (χ3n) is 5.79. The Kier molecular flexibility index (Phi) is 5.99. The van der Waals surface area contributed by atoms with Crippen LogP contribution in [0.1, 0.15) is 33.9 Å². The first-order chi connectivity index (χ1) is 15.0. The van der Waals surface area contributed by atoms with Crippen LogP contribution in [0.5, 0.6) is 0 Å². The SMILES string of the molecule is Cn1c(/C=C/c2cc[n+](C)cc2)ccc1Cc1ccc(/C=C/c2cc[n+](C)cc2)n1C. The first-order valence-corrected chi connectivity index (χ1v) is 10.6. The predicted octanol–water partition coefficient (Wildman–Crippen LogP) is 3.94. The summed E-state index contributed by atoms with van der Waals surface area (Å²) >= 11 is 0. The molecule has 4 aromatic heterocycles. The average molecular weight is 411 g/mol. The number of pyridine rings is 2. The maximum atomic E-state index is 2.27. The second kappa shape index (κ2) is 9.00. The molecule has 0 bridgehead atoms. The smallest absolute Gasteiger partial charge is 0.169 e. The van der Waals surface area contributed by atoms with Gasteiger partial charge in [-0.25, -0.2) is 9.13 Å². The molecule has 156 valence electrons. The number of aryl methyl sites for hydroxylation is 2. The van der Waals surface area contributed by atoms with Gasteiger partial charge in [-0.2, -0.15) is 0 Å². The van der Waals surface area contributed by atoms with E-state index in [0.717, 1.165) is 6.42 Å². The van der Waals surface area contributed by atoms with Gasteiger partial charge in [0, 0.05) is 67.6 Å². The molecule has 0 spiro atoms. The van der Waals surface area contributed by atoms with Crippen LogP contribution in [0.2, 0.25) is 0 Å². The van der Waals surface area contributed by atoms with Gasteiger partial charge in [0.15, 0.2) is 24.8 Å². The van der Waals surface area contributed by atoms with Crippen molar-refractivity contribution in [1.82, 2.24) is 9.13 Å². The van der Waals surface area contributed by atoms with Crippen molar-refractivity contribution in [2.24, 2.45) is 28.2 Å². The molecule has 4 rings (SSSR count). The van der Waals surface area contributed by atoms with E-state index in [-0.39, 0.29) is 0 Å². The monoisotopic (exact) mass is 410 g/mol. The molecule has 31 heavy (non-hydrogen) atoms. The van der Waals surface area contributed by atoms with Crippen molar-refractivity contribution in [2.75, 3.05) is 0 Å². The van der Waals surface area contributed by atoms with E-state index in [2.05, 4.69) is 121 Å². The maximum absolute atomic E-state index is 2.27. The van der Waals surface area contributed by atoms with Crippen molar-refractivity contribution >= 4 is 24.3 Å². The lowest BCUT2D eigenvalue weighted by molar-refractivity contribution is -0.671. The predicted molar refractivity (Wildman–Crippen MR) is 127 cm³/mol. The number of aromatic nitrogens is 4.